The smallest absolute Gasteiger partial charge is 0.324 e. The number of rotatable bonds is 7. The van der Waals surface area contributed by atoms with Gasteiger partial charge in [-0.1, -0.05) is 19.9 Å². The first kappa shape index (κ1) is 41.0. The van der Waals surface area contributed by atoms with E-state index in [1.165, 1.54) is 16.3 Å². The van der Waals surface area contributed by atoms with Gasteiger partial charge in [0.15, 0.2) is 0 Å². The molecular formula is C45H58N8O6S. The highest BCUT2D eigenvalue weighted by Gasteiger charge is 2.58. The fraction of sp³-hybridized carbons (Fsp3) is 0.578. The summed E-state index contributed by atoms with van der Waals surface area (Å²) in [5.74, 6) is -0.533. The largest absolute Gasteiger partial charge is 0.464 e. The fourth-order valence-corrected chi connectivity index (χ4v) is 10.6. The van der Waals surface area contributed by atoms with Crippen molar-refractivity contribution in [2.75, 3.05) is 71.6 Å². The van der Waals surface area contributed by atoms with Crippen molar-refractivity contribution < 1.29 is 28.6 Å². The molecule has 1 saturated carbocycles. The van der Waals surface area contributed by atoms with Gasteiger partial charge >= 0.3 is 5.97 Å². The van der Waals surface area contributed by atoms with Gasteiger partial charge in [-0.05, 0) is 75.8 Å². The number of pyridine rings is 1. The van der Waals surface area contributed by atoms with Gasteiger partial charge in [0.05, 0.1) is 59.9 Å². The Balaban J connectivity index is 1.15. The number of piperazine rings is 1. The van der Waals surface area contributed by atoms with Crippen molar-refractivity contribution in [1.29, 1.82) is 0 Å². The maximum Gasteiger partial charge on any atom is 0.324 e. The lowest BCUT2D eigenvalue weighted by Crippen LogP contribution is -2.60. The Morgan fingerprint density at radius 1 is 1.12 bits per heavy atom. The average molecular weight is 839 g/mol. The topological polar surface area (TPSA) is 143 Å². The molecule has 2 N–H and O–H groups in total. The number of hydrogen-bond acceptors (Lipinski definition) is 12. The SMILES string of the molecule is CCn1c(-c2cc(N3CCN(C)CC3)cnc2[C@H](C)OC)c2c3cc(ccc31)-c1csc(n1)C[C@H](NC(=O)C1[C@H]3COC[C@@H]13)C(=O)N1CCC[C@H](N1)C(=O)OCC(C)(C)C2. The van der Waals surface area contributed by atoms with Crippen molar-refractivity contribution in [3.8, 4) is 22.5 Å². The molecule has 6 atom stereocenters. The van der Waals surface area contributed by atoms with Crippen molar-refractivity contribution in [2.24, 2.45) is 23.2 Å². The molecule has 4 aliphatic heterocycles. The number of hydrogen-bond donors (Lipinski definition) is 2. The van der Waals surface area contributed by atoms with Crippen LogP contribution in [-0.2, 0) is 48.0 Å². The van der Waals surface area contributed by atoms with Gasteiger partial charge in [-0.15, -0.1) is 11.3 Å². The van der Waals surface area contributed by atoms with Crippen LogP contribution in [0.5, 0.6) is 0 Å². The number of aromatic nitrogens is 3. The first-order valence-electron chi connectivity index (χ1n) is 21.6. The van der Waals surface area contributed by atoms with Crippen LogP contribution in [0.2, 0.25) is 0 Å². The Morgan fingerprint density at radius 3 is 2.65 bits per heavy atom. The minimum Gasteiger partial charge on any atom is -0.464 e. The molecule has 3 aromatic heterocycles. The predicted octanol–water partition coefficient (Wildman–Crippen LogP) is 4.85. The molecule has 320 valence electrons. The highest BCUT2D eigenvalue weighted by Crippen LogP contribution is 2.51. The number of nitrogens with zero attached hydrogens (tertiary/aromatic N) is 6. The van der Waals surface area contributed by atoms with Crippen LogP contribution in [0.15, 0.2) is 35.8 Å². The molecular weight excluding hydrogens is 781 g/mol. The van der Waals surface area contributed by atoms with Crippen molar-refractivity contribution in [3.05, 3.63) is 52.1 Å². The van der Waals surface area contributed by atoms with Crippen LogP contribution in [0.3, 0.4) is 0 Å². The van der Waals surface area contributed by atoms with E-state index in [0.29, 0.717) is 39.0 Å². The first-order chi connectivity index (χ1) is 28.9. The number of esters is 1. The van der Waals surface area contributed by atoms with Crippen LogP contribution in [0.1, 0.15) is 62.9 Å². The van der Waals surface area contributed by atoms with Gasteiger partial charge in [-0.2, -0.15) is 0 Å². The average Bonchev–Trinajstić information content (AvgIpc) is 3.58. The molecule has 1 aromatic carbocycles. The van der Waals surface area contributed by atoms with Crippen molar-refractivity contribution in [1.82, 2.24) is 35.2 Å². The number of benzene rings is 1. The van der Waals surface area contributed by atoms with Crippen LogP contribution in [0, 0.1) is 23.2 Å². The maximum absolute atomic E-state index is 14.3. The van der Waals surface area contributed by atoms with Gasteiger partial charge in [0, 0.05) is 91.5 Å². The number of anilines is 1. The third-order valence-electron chi connectivity index (χ3n) is 13.3. The quantitative estimate of drug-likeness (QED) is 0.247. The molecule has 15 heteroatoms. The number of carbonyl (C=O) groups excluding carboxylic acids is 3. The molecule has 0 spiro atoms. The molecule has 9 rings (SSSR count). The Morgan fingerprint density at radius 2 is 1.90 bits per heavy atom. The summed E-state index contributed by atoms with van der Waals surface area (Å²) in [7, 11) is 3.89. The highest BCUT2D eigenvalue weighted by atomic mass is 32.1. The van der Waals surface area contributed by atoms with E-state index in [4.69, 9.17) is 24.2 Å². The third-order valence-corrected chi connectivity index (χ3v) is 14.2. The lowest BCUT2D eigenvalue weighted by Gasteiger charge is -2.35. The molecule has 14 nitrogen and oxygen atoms in total. The summed E-state index contributed by atoms with van der Waals surface area (Å²) in [5.41, 5.74) is 10.8. The summed E-state index contributed by atoms with van der Waals surface area (Å²) in [4.78, 5) is 56.7. The second kappa shape index (κ2) is 16.5. The zero-order valence-corrected chi connectivity index (χ0v) is 36.5. The Kier molecular flexibility index (Phi) is 11.2. The van der Waals surface area contributed by atoms with Crippen LogP contribution in [0.25, 0.3) is 33.4 Å². The van der Waals surface area contributed by atoms with Crippen molar-refractivity contribution in [3.63, 3.8) is 0 Å². The maximum atomic E-state index is 14.3. The number of amides is 2. The number of cyclic esters (lactones) is 1. The van der Waals surface area contributed by atoms with Gasteiger partial charge in [0.25, 0.3) is 5.91 Å². The lowest BCUT2D eigenvalue weighted by atomic mass is 9.84. The Bertz CT molecular complexity index is 2270. The standard InChI is InChI=1S/C45H58N8O6S/c1-7-52-37-11-10-27-17-29(37)31(41(52)30-18-28(21-46-40(30)26(2)57-6)51-15-13-50(5)14-16-51)20-45(3,4)25-59-44(56)34-9-8-12-53(49-34)43(55)35(19-38-47-36(27)24-60-38)48-42(54)39-32-22-58-23-33(32)39/h10-11,17-18,21,24,26,32-35,39,49H,7-9,12-16,19-20,22-23,25H2,1-6H3,(H,48,54)/t26-,32-,33+,34-,35-,39?/m0/s1. The van der Waals surface area contributed by atoms with Crippen molar-refractivity contribution >= 4 is 45.7 Å². The lowest BCUT2D eigenvalue weighted by molar-refractivity contribution is -0.155. The van der Waals surface area contributed by atoms with E-state index in [0.717, 1.165) is 88.1 Å². The zero-order chi connectivity index (χ0) is 41.9. The summed E-state index contributed by atoms with van der Waals surface area (Å²) in [6, 6.07) is 7.30. The second-order valence-corrected chi connectivity index (χ2v) is 19.1. The van der Waals surface area contributed by atoms with Crippen LogP contribution in [-0.4, -0.2) is 121 Å². The van der Waals surface area contributed by atoms with Gasteiger partial charge in [0.2, 0.25) is 5.91 Å². The Hall–Kier alpha value is -4.41. The minimum absolute atomic E-state index is 0.123. The molecule has 2 amide bonds. The summed E-state index contributed by atoms with van der Waals surface area (Å²) >= 11 is 1.49. The van der Waals surface area contributed by atoms with E-state index in [1.807, 2.05) is 18.5 Å². The molecule has 4 aromatic rings. The van der Waals surface area contributed by atoms with Crippen molar-refractivity contribution in [2.45, 2.75) is 78.1 Å². The number of carbonyl (C=O) groups is 3. The predicted molar refractivity (Wildman–Crippen MR) is 230 cm³/mol. The van der Waals surface area contributed by atoms with E-state index in [2.05, 4.69) is 77.2 Å². The summed E-state index contributed by atoms with van der Waals surface area (Å²) in [6.45, 7) is 14.8. The van der Waals surface area contributed by atoms with E-state index in [-0.39, 0.29) is 48.7 Å². The second-order valence-electron chi connectivity index (χ2n) is 18.1. The van der Waals surface area contributed by atoms with Gasteiger partial charge in [-0.25, -0.2) is 10.4 Å². The molecule has 7 heterocycles. The normalized spacial score (nSPS) is 26.4. The molecule has 1 unspecified atom stereocenters. The molecule has 5 aliphatic rings. The minimum atomic E-state index is -0.854. The van der Waals surface area contributed by atoms with Gasteiger partial charge in [-0.3, -0.25) is 24.4 Å². The van der Waals surface area contributed by atoms with E-state index < -0.39 is 23.5 Å². The molecule has 60 heavy (non-hydrogen) atoms. The molecule has 6 bridgehead atoms. The highest BCUT2D eigenvalue weighted by molar-refractivity contribution is 7.10. The number of ether oxygens (including phenoxy) is 3. The summed E-state index contributed by atoms with van der Waals surface area (Å²) in [6.07, 6.45) is 3.74. The van der Waals surface area contributed by atoms with Crippen LogP contribution < -0.4 is 15.6 Å². The third kappa shape index (κ3) is 7.83. The molecule has 1 aliphatic carbocycles. The molecule has 0 radical (unpaired) electrons. The van der Waals surface area contributed by atoms with Gasteiger partial charge in [0.1, 0.15) is 12.1 Å². The van der Waals surface area contributed by atoms with Crippen LogP contribution in [0.4, 0.5) is 5.69 Å². The van der Waals surface area contributed by atoms with Crippen LogP contribution >= 0.6 is 11.3 Å². The number of thiazole rings is 1. The number of nitrogens with one attached hydrogen (secondary N) is 2. The number of likely N-dealkylation sites (N-methyl/N-ethyl adjacent to an activating group) is 1. The number of fused-ring (bicyclic) bond motifs is 7. The number of aryl methyl sites for hydroxylation is 1. The number of methoxy groups -OCH3 is 1. The molecule has 4 fully saturated rings. The first-order valence-corrected chi connectivity index (χ1v) is 22.5. The van der Waals surface area contributed by atoms with E-state index >= 15 is 0 Å². The monoisotopic (exact) mass is 838 g/mol. The summed E-state index contributed by atoms with van der Waals surface area (Å²) in [5, 5.41) is 8.49. The van der Waals surface area contributed by atoms with E-state index in [9.17, 15) is 14.4 Å². The summed E-state index contributed by atoms with van der Waals surface area (Å²) < 4.78 is 20.0. The molecule has 3 saturated heterocycles. The Labute approximate surface area is 355 Å². The van der Waals surface area contributed by atoms with Gasteiger partial charge < -0.3 is 33.9 Å². The number of hydrazine groups is 1. The van der Waals surface area contributed by atoms with E-state index in [1.54, 1.807) is 7.11 Å². The zero-order valence-electron chi connectivity index (χ0n) is 35.7. The fourth-order valence-electron chi connectivity index (χ4n) is 9.73.